The smallest absolute Gasteiger partial charge is 0.241 e. The molecular weight excluding hydrogens is 236 g/mol. The molecule has 1 fully saturated rings. The van der Waals surface area contributed by atoms with E-state index < -0.39 is 5.41 Å². The van der Waals surface area contributed by atoms with Gasteiger partial charge in [-0.25, -0.2) is 0 Å². The number of carbonyl (C=O) groups is 1. The quantitative estimate of drug-likeness (QED) is 0.821. The second-order valence-electron chi connectivity index (χ2n) is 4.75. The molecule has 0 atom stereocenters. The number of nitrogens with one attached hydrogen (secondary N) is 1. The molecule has 0 spiro atoms. The van der Waals surface area contributed by atoms with E-state index in [1.165, 1.54) is 0 Å². The number of rotatable bonds is 2. The van der Waals surface area contributed by atoms with Gasteiger partial charge in [0.25, 0.3) is 0 Å². The van der Waals surface area contributed by atoms with Crippen molar-refractivity contribution in [1.29, 1.82) is 5.26 Å². The van der Waals surface area contributed by atoms with Crippen molar-refractivity contribution in [3.63, 3.8) is 0 Å². The van der Waals surface area contributed by atoms with Gasteiger partial charge in [-0.15, -0.1) is 0 Å². The highest BCUT2D eigenvalue weighted by molar-refractivity contribution is 5.85. The molecule has 1 N–H and O–H groups in total. The van der Waals surface area contributed by atoms with E-state index >= 15 is 0 Å². The summed E-state index contributed by atoms with van der Waals surface area (Å²) in [6, 6.07) is 11.8. The molecule has 3 heteroatoms. The van der Waals surface area contributed by atoms with Crippen molar-refractivity contribution in [2.45, 2.75) is 25.7 Å². The van der Waals surface area contributed by atoms with Crippen LogP contribution in [0.2, 0.25) is 0 Å². The highest BCUT2D eigenvalue weighted by atomic mass is 16.2. The predicted molar refractivity (Wildman–Crippen MR) is 72.8 cm³/mol. The van der Waals surface area contributed by atoms with Gasteiger partial charge in [0.1, 0.15) is 5.41 Å². The van der Waals surface area contributed by atoms with Crippen molar-refractivity contribution in [3.8, 4) is 17.9 Å². The summed E-state index contributed by atoms with van der Waals surface area (Å²) >= 11 is 0. The van der Waals surface area contributed by atoms with Gasteiger partial charge in [0.2, 0.25) is 5.91 Å². The number of amides is 1. The first-order valence-electron chi connectivity index (χ1n) is 6.50. The molecule has 0 heterocycles. The van der Waals surface area contributed by atoms with Crippen LogP contribution in [0, 0.1) is 28.6 Å². The molecule has 0 saturated heterocycles. The lowest BCUT2D eigenvalue weighted by Gasteiger charge is -2.17. The molecule has 0 aromatic heterocycles. The molecule has 1 aliphatic carbocycles. The Hall–Kier alpha value is -2.26. The SMILES string of the molecule is N#CC1(C(=O)NCC#Cc2ccccc2)CCCC1. The molecule has 2 rings (SSSR count). The van der Waals surface area contributed by atoms with Crippen LogP contribution in [0.4, 0.5) is 0 Å². The predicted octanol–water partition coefficient (Wildman–Crippen LogP) is 2.24. The monoisotopic (exact) mass is 252 g/mol. The van der Waals surface area contributed by atoms with Gasteiger partial charge in [-0.05, 0) is 25.0 Å². The number of benzene rings is 1. The Morgan fingerprint density at radius 2 is 1.95 bits per heavy atom. The maximum Gasteiger partial charge on any atom is 0.241 e. The van der Waals surface area contributed by atoms with E-state index in [1.54, 1.807) is 0 Å². The highest BCUT2D eigenvalue weighted by Gasteiger charge is 2.41. The van der Waals surface area contributed by atoms with Crippen LogP contribution in [-0.2, 0) is 4.79 Å². The number of hydrogen-bond donors (Lipinski definition) is 1. The molecular formula is C16H16N2O. The van der Waals surface area contributed by atoms with Crippen LogP contribution in [0.15, 0.2) is 30.3 Å². The Labute approximate surface area is 113 Å². The second-order valence-corrected chi connectivity index (χ2v) is 4.75. The number of hydrogen-bond acceptors (Lipinski definition) is 2. The Kier molecular flexibility index (Phi) is 4.21. The standard InChI is InChI=1S/C16H16N2O/c17-13-16(10-4-5-11-16)15(19)18-12-6-9-14-7-2-1-3-8-14/h1-3,7-8H,4-5,10-12H2,(H,18,19). The summed E-state index contributed by atoms with van der Waals surface area (Å²) in [7, 11) is 0. The third kappa shape index (κ3) is 3.14. The molecule has 96 valence electrons. The van der Waals surface area contributed by atoms with Crippen LogP contribution >= 0.6 is 0 Å². The fraction of sp³-hybridized carbons (Fsp3) is 0.375. The van der Waals surface area contributed by atoms with Gasteiger partial charge in [-0.2, -0.15) is 5.26 Å². The summed E-state index contributed by atoms with van der Waals surface area (Å²) in [5.74, 6) is 5.71. The highest BCUT2D eigenvalue weighted by Crippen LogP contribution is 2.37. The molecule has 3 nitrogen and oxygen atoms in total. The van der Waals surface area contributed by atoms with E-state index in [1.807, 2.05) is 30.3 Å². The van der Waals surface area contributed by atoms with Crippen LogP contribution in [0.5, 0.6) is 0 Å². The number of nitriles is 1. The van der Waals surface area contributed by atoms with Crippen LogP contribution in [-0.4, -0.2) is 12.5 Å². The molecule has 0 unspecified atom stereocenters. The summed E-state index contributed by atoms with van der Waals surface area (Å²) in [6.45, 7) is 0.289. The van der Waals surface area contributed by atoms with Crippen LogP contribution in [0.25, 0.3) is 0 Å². The van der Waals surface area contributed by atoms with Crippen molar-refractivity contribution < 1.29 is 4.79 Å². The fourth-order valence-electron chi connectivity index (χ4n) is 2.33. The molecule has 1 aromatic carbocycles. The fourth-order valence-corrected chi connectivity index (χ4v) is 2.33. The lowest BCUT2D eigenvalue weighted by molar-refractivity contribution is -0.127. The average molecular weight is 252 g/mol. The molecule has 0 radical (unpaired) electrons. The van der Waals surface area contributed by atoms with Gasteiger partial charge in [0, 0.05) is 5.56 Å². The van der Waals surface area contributed by atoms with Crippen molar-refractivity contribution in [3.05, 3.63) is 35.9 Å². The van der Waals surface area contributed by atoms with Gasteiger partial charge in [-0.1, -0.05) is 42.9 Å². The van der Waals surface area contributed by atoms with E-state index in [0.29, 0.717) is 12.8 Å². The Bertz CT molecular complexity index is 540. The van der Waals surface area contributed by atoms with E-state index in [9.17, 15) is 10.1 Å². The molecule has 1 amide bonds. The van der Waals surface area contributed by atoms with Crippen LogP contribution in [0.1, 0.15) is 31.2 Å². The zero-order valence-electron chi connectivity index (χ0n) is 10.8. The van der Waals surface area contributed by atoms with Crippen molar-refractivity contribution >= 4 is 5.91 Å². The first-order valence-corrected chi connectivity index (χ1v) is 6.50. The summed E-state index contributed by atoms with van der Waals surface area (Å²) < 4.78 is 0. The topological polar surface area (TPSA) is 52.9 Å². The van der Waals surface area contributed by atoms with E-state index in [2.05, 4.69) is 23.2 Å². The molecule has 0 aliphatic heterocycles. The summed E-state index contributed by atoms with van der Waals surface area (Å²) in [5, 5.41) is 11.9. The zero-order valence-corrected chi connectivity index (χ0v) is 10.8. The minimum atomic E-state index is -0.811. The molecule has 1 saturated carbocycles. The van der Waals surface area contributed by atoms with E-state index in [4.69, 9.17) is 0 Å². The van der Waals surface area contributed by atoms with E-state index in [0.717, 1.165) is 18.4 Å². The summed E-state index contributed by atoms with van der Waals surface area (Å²) in [5.41, 5.74) is 0.113. The maximum absolute atomic E-state index is 12.0. The van der Waals surface area contributed by atoms with Gasteiger partial charge in [0.05, 0.1) is 12.6 Å². The number of nitrogens with zero attached hydrogens (tertiary/aromatic N) is 1. The van der Waals surface area contributed by atoms with E-state index in [-0.39, 0.29) is 12.5 Å². The third-order valence-corrected chi connectivity index (χ3v) is 3.45. The Morgan fingerprint density at radius 1 is 1.26 bits per heavy atom. The lowest BCUT2D eigenvalue weighted by atomic mass is 9.87. The first kappa shape index (κ1) is 13.2. The van der Waals surface area contributed by atoms with Crippen molar-refractivity contribution in [1.82, 2.24) is 5.32 Å². The summed E-state index contributed by atoms with van der Waals surface area (Å²) in [4.78, 5) is 12.0. The van der Waals surface area contributed by atoms with Crippen molar-refractivity contribution in [2.24, 2.45) is 5.41 Å². The second kappa shape index (κ2) is 6.07. The van der Waals surface area contributed by atoms with Gasteiger partial charge >= 0.3 is 0 Å². The van der Waals surface area contributed by atoms with Gasteiger partial charge in [-0.3, -0.25) is 4.79 Å². The molecule has 1 aromatic rings. The minimum absolute atomic E-state index is 0.171. The normalized spacial score (nSPS) is 15.9. The average Bonchev–Trinajstić information content (AvgIpc) is 2.94. The largest absolute Gasteiger partial charge is 0.344 e. The van der Waals surface area contributed by atoms with Crippen molar-refractivity contribution in [2.75, 3.05) is 6.54 Å². The van der Waals surface area contributed by atoms with Gasteiger partial charge < -0.3 is 5.32 Å². The maximum atomic E-state index is 12.0. The zero-order chi connectivity index (χ0) is 13.6. The Morgan fingerprint density at radius 3 is 2.58 bits per heavy atom. The summed E-state index contributed by atoms with van der Waals surface area (Å²) in [6.07, 6.45) is 3.25. The van der Waals surface area contributed by atoms with Crippen LogP contribution < -0.4 is 5.32 Å². The molecule has 1 aliphatic rings. The molecule has 19 heavy (non-hydrogen) atoms. The first-order chi connectivity index (χ1) is 9.27. The minimum Gasteiger partial charge on any atom is -0.344 e. The van der Waals surface area contributed by atoms with Gasteiger partial charge in [0.15, 0.2) is 0 Å². The lowest BCUT2D eigenvalue weighted by Crippen LogP contribution is -2.38. The number of carbonyl (C=O) groups excluding carboxylic acids is 1. The molecule has 0 bridgehead atoms. The van der Waals surface area contributed by atoms with Crippen LogP contribution in [0.3, 0.4) is 0 Å². The third-order valence-electron chi connectivity index (χ3n) is 3.45. The Balaban J connectivity index is 1.88.